The summed E-state index contributed by atoms with van der Waals surface area (Å²) in [7, 11) is 0. The second kappa shape index (κ2) is 4.58. The quantitative estimate of drug-likeness (QED) is 0.618. The standard InChI is InChI=1S/C7H5ClIN3/c8-1-5(2-10)7-6(9)3-11-4-12-7/h3-5H,1H2. The molecule has 5 heteroatoms. The molecule has 0 bridgehead atoms. The van der Waals surface area contributed by atoms with Crippen molar-refractivity contribution >= 4 is 34.2 Å². The van der Waals surface area contributed by atoms with E-state index in [0.29, 0.717) is 5.69 Å². The lowest BCUT2D eigenvalue weighted by molar-refractivity contribution is 0.897. The fourth-order valence-electron chi connectivity index (χ4n) is 0.747. The molecule has 0 saturated carbocycles. The Hall–Kier alpha value is -0.410. The lowest BCUT2D eigenvalue weighted by atomic mass is 10.1. The number of alkyl halides is 1. The van der Waals surface area contributed by atoms with Crippen LogP contribution in [0.2, 0.25) is 0 Å². The minimum atomic E-state index is -0.332. The van der Waals surface area contributed by atoms with E-state index in [2.05, 4.69) is 38.6 Å². The molecule has 0 N–H and O–H groups in total. The van der Waals surface area contributed by atoms with Gasteiger partial charge in [-0.1, -0.05) is 0 Å². The SMILES string of the molecule is N#CC(CCl)c1ncncc1I. The van der Waals surface area contributed by atoms with Gasteiger partial charge in [-0.25, -0.2) is 9.97 Å². The van der Waals surface area contributed by atoms with Gasteiger partial charge in [-0.05, 0) is 22.6 Å². The highest BCUT2D eigenvalue weighted by atomic mass is 127. The Morgan fingerprint density at radius 1 is 1.75 bits per heavy atom. The number of aromatic nitrogens is 2. The molecule has 0 spiro atoms. The minimum absolute atomic E-state index is 0.267. The van der Waals surface area contributed by atoms with Gasteiger partial charge in [0.25, 0.3) is 0 Å². The molecule has 1 aromatic heterocycles. The van der Waals surface area contributed by atoms with Crippen molar-refractivity contribution in [1.82, 2.24) is 9.97 Å². The molecule has 3 nitrogen and oxygen atoms in total. The van der Waals surface area contributed by atoms with E-state index in [0.717, 1.165) is 3.57 Å². The molecular formula is C7H5ClIN3. The van der Waals surface area contributed by atoms with Crippen LogP contribution < -0.4 is 0 Å². The predicted octanol–water partition coefficient (Wildman–Crippen LogP) is 1.93. The molecule has 0 aliphatic carbocycles. The van der Waals surface area contributed by atoms with Crippen molar-refractivity contribution in [1.29, 1.82) is 5.26 Å². The number of rotatable bonds is 2. The maximum atomic E-state index is 8.71. The molecule has 1 aromatic rings. The van der Waals surface area contributed by atoms with E-state index in [4.69, 9.17) is 16.9 Å². The molecule has 1 heterocycles. The van der Waals surface area contributed by atoms with Gasteiger partial charge in [-0.3, -0.25) is 0 Å². The average molecular weight is 293 g/mol. The number of nitrogens with zero attached hydrogens (tertiary/aromatic N) is 3. The summed E-state index contributed by atoms with van der Waals surface area (Å²) in [6.45, 7) is 0. The largest absolute Gasteiger partial charge is 0.244 e. The fraction of sp³-hybridized carbons (Fsp3) is 0.286. The number of halogens is 2. The van der Waals surface area contributed by atoms with Crippen LogP contribution in [0.25, 0.3) is 0 Å². The second-order valence-electron chi connectivity index (χ2n) is 2.09. The molecule has 0 aromatic carbocycles. The van der Waals surface area contributed by atoms with Crippen molar-refractivity contribution in [2.75, 3.05) is 5.88 Å². The van der Waals surface area contributed by atoms with E-state index in [-0.39, 0.29) is 11.8 Å². The molecule has 0 amide bonds. The van der Waals surface area contributed by atoms with Crippen LogP contribution in [0.1, 0.15) is 11.6 Å². The Kier molecular flexibility index (Phi) is 3.69. The van der Waals surface area contributed by atoms with Crippen molar-refractivity contribution in [3.63, 3.8) is 0 Å². The molecule has 1 unspecified atom stereocenters. The summed E-state index contributed by atoms with van der Waals surface area (Å²) in [5.74, 6) is -0.0645. The van der Waals surface area contributed by atoms with Crippen molar-refractivity contribution in [2.24, 2.45) is 0 Å². The first-order valence-corrected chi connectivity index (χ1v) is 4.82. The Balaban J connectivity index is 3.02. The Morgan fingerprint density at radius 3 is 3.00 bits per heavy atom. The Bertz CT molecular complexity index is 310. The van der Waals surface area contributed by atoms with Crippen molar-refractivity contribution in [3.05, 3.63) is 21.8 Å². The van der Waals surface area contributed by atoms with Gasteiger partial charge >= 0.3 is 0 Å². The van der Waals surface area contributed by atoms with Crippen LogP contribution in [0.15, 0.2) is 12.5 Å². The summed E-state index contributed by atoms with van der Waals surface area (Å²) in [6.07, 6.45) is 3.09. The molecule has 0 saturated heterocycles. The number of nitriles is 1. The van der Waals surface area contributed by atoms with Gasteiger partial charge in [0.2, 0.25) is 0 Å². The first-order valence-electron chi connectivity index (χ1n) is 3.20. The van der Waals surface area contributed by atoms with Crippen LogP contribution in [0.5, 0.6) is 0 Å². The summed E-state index contributed by atoms with van der Waals surface area (Å²) >= 11 is 7.68. The summed E-state index contributed by atoms with van der Waals surface area (Å²) in [6, 6.07) is 2.08. The third-order valence-corrected chi connectivity index (χ3v) is 2.48. The maximum absolute atomic E-state index is 8.71. The lowest BCUT2D eigenvalue weighted by Gasteiger charge is -2.04. The van der Waals surface area contributed by atoms with Gasteiger partial charge in [0.1, 0.15) is 12.2 Å². The summed E-state index contributed by atoms with van der Waals surface area (Å²) in [5, 5.41) is 8.71. The first-order chi connectivity index (χ1) is 5.79. The van der Waals surface area contributed by atoms with Crippen LogP contribution in [0.4, 0.5) is 0 Å². The normalized spacial score (nSPS) is 12.1. The van der Waals surface area contributed by atoms with Crippen LogP contribution >= 0.6 is 34.2 Å². The first kappa shape index (κ1) is 9.68. The van der Waals surface area contributed by atoms with Crippen molar-refractivity contribution in [2.45, 2.75) is 5.92 Å². The molecule has 1 rings (SSSR count). The van der Waals surface area contributed by atoms with E-state index >= 15 is 0 Å². The Labute approximate surface area is 88.9 Å². The number of hydrogen-bond donors (Lipinski definition) is 0. The van der Waals surface area contributed by atoms with Crippen LogP contribution in [0, 0.1) is 14.9 Å². The molecule has 0 aliphatic rings. The van der Waals surface area contributed by atoms with E-state index in [1.807, 2.05) is 0 Å². The van der Waals surface area contributed by atoms with Gasteiger partial charge in [0.05, 0.1) is 15.3 Å². The zero-order valence-corrected chi connectivity index (χ0v) is 8.95. The van der Waals surface area contributed by atoms with Gasteiger partial charge < -0.3 is 0 Å². The third kappa shape index (κ3) is 2.05. The molecule has 62 valence electrons. The van der Waals surface area contributed by atoms with Gasteiger partial charge in [-0.2, -0.15) is 5.26 Å². The second-order valence-corrected chi connectivity index (χ2v) is 3.56. The van der Waals surface area contributed by atoms with E-state index < -0.39 is 0 Å². The highest BCUT2D eigenvalue weighted by Gasteiger charge is 2.13. The molecule has 0 radical (unpaired) electrons. The van der Waals surface area contributed by atoms with Crippen LogP contribution in [0.3, 0.4) is 0 Å². The minimum Gasteiger partial charge on any atom is -0.244 e. The van der Waals surface area contributed by atoms with E-state index in [1.165, 1.54) is 6.33 Å². The highest BCUT2D eigenvalue weighted by Crippen LogP contribution is 2.18. The average Bonchev–Trinajstić information content (AvgIpc) is 2.10. The topological polar surface area (TPSA) is 49.6 Å². The highest BCUT2D eigenvalue weighted by molar-refractivity contribution is 14.1. The Morgan fingerprint density at radius 2 is 2.50 bits per heavy atom. The maximum Gasteiger partial charge on any atom is 0.115 e. The zero-order valence-electron chi connectivity index (χ0n) is 6.04. The van der Waals surface area contributed by atoms with E-state index in [1.54, 1.807) is 6.20 Å². The lowest BCUT2D eigenvalue weighted by Crippen LogP contribution is -2.03. The van der Waals surface area contributed by atoms with Gasteiger partial charge in [0, 0.05) is 12.1 Å². The van der Waals surface area contributed by atoms with Gasteiger partial charge in [-0.15, -0.1) is 11.6 Å². The fourth-order valence-corrected chi connectivity index (χ4v) is 1.64. The summed E-state index contributed by atoms with van der Waals surface area (Å²) in [5.41, 5.74) is 0.711. The monoisotopic (exact) mass is 293 g/mol. The van der Waals surface area contributed by atoms with Crippen LogP contribution in [-0.2, 0) is 0 Å². The molecular weight excluding hydrogens is 288 g/mol. The molecule has 0 aliphatic heterocycles. The van der Waals surface area contributed by atoms with Crippen molar-refractivity contribution in [3.8, 4) is 6.07 Å². The molecule has 1 atom stereocenters. The van der Waals surface area contributed by atoms with Crippen molar-refractivity contribution < 1.29 is 0 Å². The third-order valence-electron chi connectivity index (χ3n) is 1.34. The number of hydrogen-bond acceptors (Lipinski definition) is 3. The van der Waals surface area contributed by atoms with Crippen LogP contribution in [-0.4, -0.2) is 15.8 Å². The molecule has 0 fully saturated rings. The smallest absolute Gasteiger partial charge is 0.115 e. The van der Waals surface area contributed by atoms with Gasteiger partial charge in [0.15, 0.2) is 0 Å². The summed E-state index contributed by atoms with van der Waals surface area (Å²) < 4.78 is 0.877. The predicted molar refractivity (Wildman–Crippen MR) is 53.8 cm³/mol. The summed E-state index contributed by atoms with van der Waals surface area (Å²) in [4.78, 5) is 7.82. The van der Waals surface area contributed by atoms with E-state index in [9.17, 15) is 0 Å². The molecule has 12 heavy (non-hydrogen) atoms. The zero-order chi connectivity index (χ0) is 8.97.